The SMILES string of the molecule is CCCCCCC1=C(c2cc(CCCC)cc(CCCCCC)c2)[N+](=[N-])C(c2cc(CCCC)cc(CCCCCC)c2)=C1CCCCC.CCCCCCCCCCCCCCCCCCCCCCCCCCCCC=[CH][Ni][CH]=CCCCCCCCCCCCCCCCCCCCCCCCCCCCC. The zero-order valence-electron chi connectivity index (χ0n) is 75.8. The Labute approximate surface area is 697 Å². The predicted molar refractivity (Wildman–Crippen MR) is 495 cm³/mol. The van der Waals surface area contributed by atoms with Crippen LogP contribution in [0.2, 0.25) is 0 Å². The van der Waals surface area contributed by atoms with E-state index >= 15 is 0 Å². The molecule has 1 aliphatic rings. The molecular formula is C107H192N2Ni. The molecule has 0 aliphatic carbocycles. The molecule has 3 rings (SSSR count). The minimum Gasteiger partial charge on any atom is -0.0654 e. The second kappa shape index (κ2) is 81.6. The maximum atomic E-state index is 12.6. The Bertz CT molecular complexity index is 2370. The third-order valence-corrected chi connectivity index (χ3v) is 25.2. The summed E-state index contributed by atoms with van der Waals surface area (Å²) in [6, 6.07) is 14.7. The molecule has 0 radical (unpaired) electrons. The van der Waals surface area contributed by atoms with E-state index in [4.69, 9.17) is 0 Å². The van der Waals surface area contributed by atoms with Gasteiger partial charge in [-0.3, -0.25) is 0 Å². The first-order valence-corrected chi connectivity index (χ1v) is 51.6. The quantitative estimate of drug-likeness (QED) is 0.0358. The number of nitrogens with zero attached hydrogens (tertiary/aromatic N) is 2. The summed E-state index contributed by atoms with van der Waals surface area (Å²) in [5.41, 5.74) is 25.8. The average Bonchev–Trinajstić information content (AvgIpc) is 1.60. The van der Waals surface area contributed by atoms with Gasteiger partial charge in [0.05, 0.1) is 0 Å². The molecule has 2 nitrogen and oxygen atoms in total. The summed E-state index contributed by atoms with van der Waals surface area (Å²) in [5.74, 6) is 0. The van der Waals surface area contributed by atoms with Gasteiger partial charge in [-0.1, -0.05) is 369 Å². The minimum absolute atomic E-state index is 1.04. The van der Waals surface area contributed by atoms with Gasteiger partial charge in [0.2, 0.25) is 11.4 Å². The average molecular weight is 1570 g/mol. The van der Waals surface area contributed by atoms with Gasteiger partial charge in [0.15, 0.2) is 0 Å². The molecule has 3 heteroatoms. The molecule has 640 valence electrons. The summed E-state index contributed by atoms with van der Waals surface area (Å²) in [6.07, 6.45) is 114. The monoisotopic (exact) mass is 1560 g/mol. The van der Waals surface area contributed by atoms with E-state index in [-0.39, 0.29) is 0 Å². The third kappa shape index (κ3) is 60.1. The van der Waals surface area contributed by atoms with Gasteiger partial charge >= 0.3 is 165 Å². The van der Waals surface area contributed by atoms with Crippen LogP contribution >= 0.6 is 0 Å². The maximum absolute atomic E-state index is 12.6. The van der Waals surface area contributed by atoms with Crippen molar-refractivity contribution in [2.45, 2.75) is 563 Å². The van der Waals surface area contributed by atoms with Crippen LogP contribution in [0.5, 0.6) is 0 Å². The molecule has 0 N–H and O–H groups in total. The molecule has 0 unspecified atom stereocenters. The van der Waals surface area contributed by atoms with Crippen LogP contribution in [-0.4, -0.2) is 4.70 Å². The number of rotatable bonds is 83. The first kappa shape index (κ1) is 104. The summed E-state index contributed by atoms with van der Waals surface area (Å²) in [6.45, 7) is 18.4. The van der Waals surface area contributed by atoms with Crippen LogP contribution in [0.3, 0.4) is 0 Å². The Hall–Kier alpha value is -2.51. The van der Waals surface area contributed by atoms with Crippen molar-refractivity contribution >= 4 is 11.4 Å². The smallest absolute Gasteiger partial charge is 0.0654 e. The Balaban J connectivity index is 0.000000762. The number of aryl methyl sites for hydroxylation is 4. The van der Waals surface area contributed by atoms with E-state index in [1.807, 2.05) is 0 Å². The Morgan fingerprint density at radius 3 is 0.609 bits per heavy atom. The van der Waals surface area contributed by atoms with Crippen LogP contribution in [0.1, 0.15) is 570 Å². The molecule has 2 aromatic rings. The van der Waals surface area contributed by atoms with E-state index in [0.29, 0.717) is 0 Å². The molecule has 0 atom stereocenters. The summed E-state index contributed by atoms with van der Waals surface area (Å²) < 4.78 is 1.68. The van der Waals surface area contributed by atoms with Crippen molar-refractivity contribution in [3.63, 3.8) is 0 Å². The van der Waals surface area contributed by atoms with Crippen molar-refractivity contribution < 1.29 is 19.1 Å². The van der Waals surface area contributed by atoms with E-state index in [9.17, 15) is 5.53 Å². The van der Waals surface area contributed by atoms with Gasteiger partial charge in [0.1, 0.15) is 0 Å². The molecule has 2 aromatic carbocycles. The normalized spacial score (nSPS) is 12.6. The van der Waals surface area contributed by atoms with Gasteiger partial charge < -0.3 is 5.53 Å². The zero-order valence-corrected chi connectivity index (χ0v) is 76.8. The van der Waals surface area contributed by atoms with Crippen LogP contribution in [-0.2, 0) is 40.1 Å². The fourth-order valence-corrected chi connectivity index (χ4v) is 17.8. The number of allylic oxidation sites excluding steroid dienone is 4. The molecular weight excluding hydrogens is 1370 g/mol. The van der Waals surface area contributed by atoms with Crippen molar-refractivity contribution in [3.05, 3.63) is 109 Å². The van der Waals surface area contributed by atoms with Gasteiger partial charge in [0, 0.05) is 22.3 Å². The number of hydrogen-bond donors (Lipinski definition) is 0. The zero-order chi connectivity index (χ0) is 79.0. The van der Waals surface area contributed by atoms with Crippen LogP contribution in [0.4, 0.5) is 0 Å². The fourth-order valence-electron chi connectivity index (χ4n) is 17.1. The van der Waals surface area contributed by atoms with Crippen molar-refractivity contribution in [2.24, 2.45) is 0 Å². The molecule has 1 aliphatic heterocycles. The van der Waals surface area contributed by atoms with E-state index in [2.05, 4.69) is 114 Å². The first-order valence-electron chi connectivity index (χ1n) is 50.5. The van der Waals surface area contributed by atoms with Crippen molar-refractivity contribution in [2.75, 3.05) is 0 Å². The Morgan fingerprint density at radius 1 is 0.209 bits per heavy atom. The summed E-state index contributed by atoms with van der Waals surface area (Å²) in [7, 11) is 0. The molecule has 0 bridgehead atoms. The van der Waals surface area contributed by atoms with Crippen LogP contribution in [0.15, 0.2) is 69.8 Å². The van der Waals surface area contributed by atoms with E-state index in [1.165, 1.54) is 513 Å². The van der Waals surface area contributed by atoms with Crippen molar-refractivity contribution in [1.82, 2.24) is 0 Å². The van der Waals surface area contributed by atoms with E-state index < -0.39 is 0 Å². The van der Waals surface area contributed by atoms with Crippen molar-refractivity contribution in [3.8, 4) is 0 Å². The topological polar surface area (TPSA) is 25.3 Å². The minimum atomic E-state index is 1.04. The second-order valence-electron chi connectivity index (χ2n) is 35.2. The van der Waals surface area contributed by atoms with Gasteiger partial charge in [-0.25, -0.2) is 4.70 Å². The molecule has 0 fully saturated rings. The third-order valence-electron chi connectivity index (χ3n) is 24.3. The first-order chi connectivity index (χ1) is 54.4. The summed E-state index contributed by atoms with van der Waals surface area (Å²) >= 11 is 1.69. The number of unbranched alkanes of at least 4 members (excludes halogenated alkanes) is 65. The van der Waals surface area contributed by atoms with E-state index in [0.717, 1.165) is 49.9 Å². The molecule has 0 saturated carbocycles. The predicted octanol–water partition coefficient (Wildman–Crippen LogP) is 38.5. The van der Waals surface area contributed by atoms with Gasteiger partial charge in [-0.2, -0.15) is 0 Å². The van der Waals surface area contributed by atoms with Gasteiger partial charge in [-0.15, -0.1) is 0 Å². The Kier molecular flexibility index (Phi) is 76.9. The Morgan fingerprint density at radius 2 is 0.382 bits per heavy atom. The van der Waals surface area contributed by atoms with Crippen LogP contribution in [0.25, 0.3) is 16.9 Å². The van der Waals surface area contributed by atoms with Crippen LogP contribution in [0, 0.1) is 0 Å². The van der Waals surface area contributed by atoms with E-state index in [1.54, 1.807) is 19.1 Å². The van der Waals surface area contributed by atoms with Gasteiger partial charge in [-0.05, 0) is 124 Å². The molecule has 0 saturated heterocycles. The van der Waals surface area contributed by atoms with Crippen LogP contribution < -0.4 is 0 Å². The van der Waals surface area contributed by atoms with Gasteiger partial charge in [0.25, 0.3) is 0 Å². The molecule has 0 spiro atoms. The summed E-state index contributed by atoms with van der Waals surface area (Å²) in [4.78, 5) is 0. The fraction of sp³-hybridized carbons (Fsp3) is 0.813. The molecule has 0 aromatic heterocycles. The standard InChI is InChI=1S/C47H74N2.2C30H59.Ni/c1-7-13-19-23-28-40-32-38(26-17-11-5)34-42(36-40)46-44(30-22-16-10-4)45(31-25-21-15-9-3)47(49(46)48)43-35-39(27-18-12-6)33-41(37-43)29-24-20-14-8-2;2*1-3-5-7-9-11-13-15-17-19-21-23-25-27-29-30-28-26-24-22-20-18-16-14-12-10-8-6-4-2;/h32-37H,7-31H2,1-6H3;2*1,3H,4-30H2,2H3;. The molecule has 110 heavy (non-hydrogen) atoms. The molecule has 1 heterocycles. The van der Waals surface area contributed by atoms with Crippen molar-refractivity contribution in [1.29, 1.82) is 0 Å². The second-order valence-corrected chi connectivity index (χ2v) is 36.2. The molecule has 0 amide bonds. The number of hydrogen-bond acceptors (Lipinski definition) is 0. The summed E-state index contributed by atoms with van der Waals surface area (Å²) in [5, 5.41) is 4.68. The number of benzene rings is 2.